The minimum absolute atomic E-state index is 0. The molecule has 0 radical (unpaired) electrons. The maximum atomic E-state index is 12.2. The van der Waals surface area contributed by atoms with Gasteiger partial charge in [-0.1, -0.05) is 31.2 Å². The molecule has 0 bridgehead atoms. The highest BCUT2D eigenvalue weighted by Gasteiger charge is 2.26. The van der Waals surface area contributed by atoms with Crippen molar-refractivity contribution in [1.82, 2.24) is 15.5 Å². The number of rotatable bonds is 6. The van der Waals surface area contributed by atoms with Crippen LogP contribution in [0.5, 0.6) is 0 Å². The topological polar surface area (TPSA) is 39.7 Å². The first-order valence-corrected chi connectivity index (χ1v) is 8.75. The molecular formula is C18H28F3IN4. The molecule has 1 aromatic carbocycles. The van der Waals surface area contributed by atoms with Crippen molar-refractivity contribution in [2.24, 2.45) is 4.99 Å². The fraction of sp³-hybridized carbons (Fsp3) is 0.611. The third-order valence-electron chi connectivity index (χ3n) is 4.58. The number of benzene rings is 1. The molecule has 0 saturated carbocycles. The normalized spacial score (nSPS) is 16.4. The largest absolute Gasteiger partial charge is 0.390 e. The average Bonchev–Trinajstić information content (AvgIpc) is 2.59. The number of guanidine groups is 1. The summed E-state index contributed by atoms with van der Waals surface area (Å²) in [7, 11) is 1.57. The third-order valence-corrected chi connectivity index (χ3v) is 4.58. The van der Waals surface area contributed by atoms with Crippen LogP contribution < -0.4 is 10.6 Å². The van der Waals surface area contributed by atoms with Crippen molar-refractivity contribution in [2.45, 2.75) is 44.9 Å². The van der Waals surface area contributed by atoms with Gasteiger partial charge in [0.25, 0.3) is 0 Å². The van der Waals surface area contributed by atoms with Crippen LogP contribution >= 0.6 is 24.0 Å². The molecule has 0 saturated heterocycles. The third kappa shape index (κ3) is 7.30. The van der Waals surface area contributed by atoms with Gasteiger partial charge in [0, 0.05) is 39.3 Å². The lowest BCUT2D eigenvalue weighted by Crippen LogP contribution is -2.48. The molecule has 0 spiro atoms. The number of aliphatic imine (C=N–C) groups is 1. The van der Waals surface area contributed by atoms with E-state index in [1.165, 1.54) is 11.1 Å². The van der Waals surface area contributed by atoms with Crippen molar-refractivity contribution in [3.63, 3.8) is 0 Å². The molecule has 148 valence electrons. The molecule has 1 aliphatic heterocycles. The first kappa shape index (κ1) is 23.0. The summed E-state index contributed by atoms with van der Waals surface area (Å²) in [6.07, 6.45) is -3.02. The van der Waals surface area contributed by atoms with Crippen molar-refractivity contribution in [3.8, 4) is 0 Å². The molecule has 8 heteroatoms. The maximum Gasteiger partial charge on any atom is 0.390 e. The lowest BCUT2D eigenvalue weighted by Gasteiger charge is -2.35. The number of nitrogens with one attached hydrogen (secondary N) is 2. The first-order chi connectivity index (χ1) is 11.9. The van der Waals surface area contributed by atoms with Crippen LogP contribution in [0.1, 0.15) is 30.9 Å². The van der Waals surface area contributed by atoms with Gasteiger partial charge >= 0.3 is 6.18 Å². The van der Waals surface area contributed by atoms with Gasteiger partial charge in [0.15, 0.2) is 5.96 Å². The number of halogens is 4. The quantitative estimate of drug-likeness (QED) is 0.369. The van der Waals surface area contributed by atoms with Crippen LogP contribution in [-0.4, -0.2) is 49.8 Å². The Morgan fingerprint density at radius 3 is 2.54 bits per heavy atom. The van der Waals surface area contributed by atoms with Gasteiger partial charge in [0.05, 0.1) is 6.42 Å². The Morgan fingerprint density at radius 1 is 1.23 bits per heavy atom. The Morgan fingerprint density at radius 2 is 1.92 bits per heavy atom. The Balaban J connectivity index is 0.00000338. The molecular weight excluding hydrogens is 456 g/mol. The Bertz CT molecular complexity index is 578. The van der Waals surface area contributed by atoms with Crippen LogP contribution in [0.25, 0.3) is 0 Å². The molecule has 1 aliphatic rings. The minimum atomic E-state index is -4.15. The number of hydrogen-bond acceptors (Lipinski definition) is 2. The van der Waals surface area contributed by atoms with E-state index in [4.69, 9.17) is 0 Å². The number of alkyl halides is 3. The fourth-order valence-corrected chi connectivity index (χ4v) is 3.12. The summed E-state index contributed by atoms with van der Waals surface area (Å²) >= 11 is 0. The van der Waals surface area contributed by atoms with Crippen LogP contribution in [0.3, 0.4) is 0 Å². The van der Waals surface area contributed by atoms with E-state index in [9.17, 15) is 13.2 Å². The highest BCUT2D eigenvalue weighted by Crippen LogP contribution is 2.21. The Kier molecular flexibility index (Phi) is 9.70. The summed E-state index contributed by atoms with van der Waals surface area (Å²) in [5.41, 5.74) is 2.77. The summed E-state index contributed by atoms with van der Waals surface area (Å²) in [6.45, 7) is 4.53. The summed E-state index contributed by atoms with van der Waals surface area (Å²) < 4.78 is 36.7. The molecule has 26 heavy (non-hydrogen) atoms. The molecule has 0 aromatic heterocycles. The van der Waals surface area contributed by atoms with E-state index in [1.807, 2.05) is 0 Å². The molecule has 2 rings (SSSR count). The Hall–Kier alpha value is -1.03. The van der Waals surface area contributed by atoms with E-state index in [1.54, 1.807) is 7.05 Å². The fourth-order valence-electron chi connectivity index (χ4n) is 3.12. The summed E-state index contributed by atoms with van der Waals surface area (Å²) in [4.78, 5) is 6.43. The highest BCUT2D eigenvalue weighted by atomic mass is 127. The van der Waals surface area contributed by atoms with Gasteiger partial charge in [0.2, 0.25) is 0 Å². The average molecular weight is 484 g/mol. The van der Waals surface area contributed by atoms with E-state index >= 15 is 0 Å². The van der Waals surface area contributed by atoms with E-state index in [0.717, 1.165) is 25.9 Å². The van der Waals surface area contributed by atoms with Crippen molar-refractivity contribution < 1.29 is 13.2 Å². The summed E-state index contributed by atoms with van der Waals surface area (Å²) in [5.74, 6) is 0.417. The zero-order valence-electron chi connectivity index (χ0n) is 15.3. The summed E-state index contributed by atoms with van der Waals surface area (Å²) in [6, 6.07) is 8.80. The number of hydrogen-bond donors (Lipinski definition) is 2. The highest BCUT2D eigenvalue weighted by molar-refractivity contribution is 14.0. The van der Waals surface area contributed by atoms with Gasteiger partial charge in [-0.05, 0) is 24.0 Å². The van der Waals surface area contributed by atoms with Crippen LogP contribution in [0, 0.1) is 0 Å². The standard InChI is InChI=1S/C18H27F3N4.HI/c1-3-16(12-24-17(22-2)23-10-9-18(19,20)21)25-11-8-14-6-4-5-7-15(14)13-25;/h4-7,16H,3,8-13H2,1-2H3,(H2,22,23,24);1H. The maximum absolute atomic E-state index is 12.2. The second-order valence-electron chi connectivity index (χ2n) is 6.30. The lowest BCUT2D eigenvalue weighted by molar-refractivity contribution is -0.132. The van der Waals surface area contributed by atoms with E-state index in [0.29, 0.717) is 18.5 Å². The van der Waals surface area contributed by atoms with E-state index in [2.05, 4.69) is 51.7 Å². The van der Waals surface area contributed by atoms with Crippen LogP contribution in [0.15, 0.2) is 29.3 Å². The molecule has 2 N–H and O–H groups in total. The van der Waals surface area contributed by atoms with Crippen molar-refractivity contribution in [3.05, 3.63) is 35.4 Å². The van der Waals surface area contributed by atoms with E-state index < -0.39 is 12.6 Å². The van der Waals surface area contributed by atoms with Gasteiger partial charge in [-0.25, -0.2) is 0 Å². The molecule has 0 amide bonds. The summed E-state index contributed by atoms with van der Waals surface area (Å²) in [5, 5.41) is 5.88. The first-order valence-electron chi connectivity index (χ1n) is 8.75. The molecule has 4 nitrogen and oxygen atoms in total. The van der Waals surface area contributed by atoms with Crippen LogP contribution in [0.2, 0.25) is 0 Å². The molecule has 1 aromatic rings. The Labute approximate surface area is 170 Å². The molecule has 1 unspecified atom stereocenters. The second kappa shape index (κ2) is 11.0. The SMILES string of the molecule is CCC(CNC(=NC)NCCC(F)(F)F)N1CCc2ccccc2C1.I. The smallest absolute Gasteiger partial charge is 0.356 e. The van der Waals surface area contributed by atoms with Gasteiger partial charge in [-0.2, -0.15) is 13.2 Å². The molecule has 1 atom stereocenters. The van der Waals surface area contributed by atoms with E-state index in [-0.39, 0.29) is 30.5 Å². The van der Waals surface area contributed by atoms with Gasteiger partial charge in [-0.15, -0.1) is 24.0 Å². The molecule has 0 aliphatic carbocycles. The van der Waals surface area contributed by atoms with Crippen molar-refractivity contribution >= 4 is 29.9 Å². The number of fused-ring (bicyclic) bond motifs is 1. The van der Waals surface area contributed by atoms with Gasteiger partial charge in [-0.3, -0.25) is 9.89 Å². The van der Waals surface area contributed by atoms with Crippen molar-refractivity contribution in [2.75, 3.05) is 26.7 Å². The van der Waals surface area contributed by atoms with Crippen LogP contribution in [-0.2, 0) is 13.0 Å². The lowest BCUT2D eigenvalue weighted by atomic mass is 9.98. The van der Waals surface area contributed by atoms with Gasteiger partial charge < -0.3 is 10.6 Å². The predicted molar refractivity (Wildman–Crippen MR) is 110 cm³/mol. The van der Waals surface area contributed by atoms with Crippen molar-refractivity contribution in [1.29, 1.82) is 0 Å². The zero-order chi connectivity index (χ0) is 18.3. The monoisotopic (exact) mass is 484 g/mol. The number of nitrogens with zero attached hydrogens (tertiary/aromatic N) is 2. The minimum Gasteiger partial charge on any atom is -0.356 e. The zero-order valence-corrected chi connectivity index (χ0v) is 17.6. The molecule has 0 fully saturated rings. The second-order valence-corrected chi connectivity index (χ2v) is 6.30. The van der Waals surface area contributed by atoms with Gasteiger partial charge in [0.1, 0.15) is 0 Å². The molecule has 1 heterocycles. The van der Waals surface area contributed by atoms with Crippen LogP contribution in [0.4, 0.5) is 13.2 Å². The predicted octanol–water partition coefficient (Wildman–Crippen LogP) is 3.56.